The van der Waals surface area contributed by atoms with Gasteiger partial charge in [-0.3, -0.25) is 0 Å². The molecule has 0 bridgehead atoms. The van der Waals surface area contributed by atoms with Gasteiger partial charge in [0, 0.05) is 0 Å². The SMILES string of the molecule is CC(C)CCNC(C)(C)I. The van der Waals surface area contributed by atoms with Crippen LogP contribution < -0.4 is 5.32 Å². The van der Waals surface area contributed by atoms with Crippen molar-refractivity contribution in [3.8, 4) is 0 Å². The van der Waals surface area contributed by atoms with Crippen molar-refractivity contribution >= 4 is 22.6 Å². The summed E-state index contributed by atoms with van der Waals surface area (Å²) in [5.41, 5.74) is 0. The molecular weight excluding hydrogens is 237 g/mol. The van der Waals surface area contributed by atoms with Crippen LogP contribution >= 0.6 is 22.6 Å². The van der Waals surface area contributed by atoms with Gasteiger partial charge in [-0.05, 0) is 32.7 Å². The first-order chi connectivity index (χ1) is 4.42. The van der Waals surface area contributed by atoms with Crippen LogP contribution in [0.25, 0.3) is 0 Å². The van der Waals surface area contributed by atoms with E-state index >= 15 is 0 Å². The van der Waals surface area contributed by atoms with Gasteiger partial charge in [-0.25, -0.2) is 0 Å². The van der Waals surface area contributed by atoms with Gasteiger partial charge in [0.05, 0.1) is 3.55 Å². The summed E-state index contributed by atoms with van der Waals surface area (Å²) >= 11 is 2.41. The molecule has 0 unspecified atom stereocenters. The minimum absolute atomic E-state index is 0.257. The Kier molecular flexibility index (Phi) is 4.86. The van der Waals surface area contributed by atoms with E-state index in [2.05, 4.69) is 55.6 Å². The zero-order valence-corrected chi connectivity index (χ0v) is 9.53. The first kappa shape index (κ1) is 10.7. The predicted molar refractivity (Wildman–Crippen MR) is 55.6 cm³/mol. The topological polar surface area (TPSA) is 12.0 Å². The fourth-order valence-corrected chi connectivity index (χ4v) is 0.928. The maximum absolute atomic E-state index is 3.44. The number of hydrogen-bond acceptors (Lipinski definition) is 1. The van der Waals surface area contributed by atoms with Crippen LogP contribution in [-0.2, 0) is 0 Å². The van der Waals surface area contributed by atoms with Gasteiger partial charge in [-0.15, -0.1) is 0 Å². The molecule has 1 nitrogen and oxygen atoms in total. The van der Waals surface area contributed by atoms with Crippen LogP contribution in [0.15, 0.2) is 0 Å². The molecular formula is C8H18IN. The smallest absolute Gasteiger partial charge is 0.0648 e. The van der Waals surface area contributed by atoms with E-state index in [1.807, 2.05) is 0 Å². The minimum atomic E-state index is 0.257. The van der Waals surface area contributed by atoms with Crippen LogP contribution in [0.2, 0.25) is 0 Å². The second kappa shape index (κ2) is 4.54. The molecule has 0 fully saturated rings. The van der Waals surface area contributed by atoms with Crippen molar-refractivity contribution in [2.45, 2.75) is 37.7 Å². The molecule has 0 atom stereocenters. The first-order valence-electron chi connectivity index (χ1n) is 3.86. The van der Waals surface area contributed by atoms with Crippen molar-refractivity contribution in [1.29, 1.82) is 0 Å². The Bertz CT molecular complexity index is 83.7. The second-order valence-electron chi connectivity index (χ2n) is 3.58. The van der Waals surface area contributed by atoms with Crippen molar-refractivity contribution in [3.05, 3.63) is 0 Å². The zero-order chi connectivity index (χ0) is 8.20. The van der Waals surface area contributed by atoms with E-state index in [1.54, 1.807) is 0 Å². The molecule has 0 aromatic heterocycles. The molecule has 0 radical (unpaired) electrons. The fraction of sp³-hybridized carbons (Fsp3) is 1.00. The summed E-state index contributed by atoms with van der Waals surface area (Å²) in [4.78, 5) is 0. The highest BCUT2D eigenvalue weighted by Crippen LogP contribution is 2.11. The Morgan fingerprint density at radius 3 is 2.20 bits per heavy atom. The highest BCUT2D eigenvalue weighted by Gasteiger charge is 2.09. The number of halogens is 1. The fourth-order valence-electron chi connectivity index (χ4n) is 0.658. The van der Waals surface area contributed by atoms with Crippen molar-refractivity contribution in [3.63, 3.8) is 0 Å². The molecule has 0 aromatic rings. The first-order valence-corrected chi connectivity index (χ1v) is 4.93. The van der Waals surface area contributed by atoms with Gasteiger partial charge in [0.25, 0.3) is 0 Å². The third kappa shape index (κ3) is 8.69. The molecule has 0 aliphatic rings. The Hall–Kier alpha value is 0.690. The Morgan fingerprint density at radius 2 is 1.90 bits per heavy atom. The largest absolute Gasteiger partial charge is 0.303 e. The summed E-state index contributed by atoms with van der Waals surface area (Å²) in [6.45, 7) is 10.0. The van der Waals surface area contributed by atoms with Crippen molar-refractivity contribution in [1.82, 2.24) is 5.32 Å². The van der Waals surface area contributed by atoms with Gasteiger partial charge in [0.15, 0.2) is 0 Å². The number of hydrogen-bond donors (Lipinski definition) is 1. The van der Waals surface area contributed by atoms with Crippen molar-refractivity contribution < 1.29 is 0 Å². The second-order valence-corrected chi connectivity index (χ2v) is 6.28. The Labute approximate surface area is 78.1 Å². The molecule has 2 heteroatoms. The molecule has 0 saturated carbocycles. The number of rotatable bonds is 4. The number of nitrogens with one attached hydrogen (secondary N) is 1. The maximum Gasteiger partial charge on any atom is 0.0648 e. The molecule has 1 N–H and O–H groups in total. The van der Waals surface area contributed by atoms with E-state index in [0.717, 1.165) is 12.5 Å². The van der Waals surface area contributed by atoms with Gasteiger partial charge in [-0.2, -0.15) is 0 Å². The van der Waals surface area contributed by atoms with E-state index in [0.29, 0.717) is 0 Å². The van der Waals surface area contributed by atoms with E-state index in [-0.39, 0.29) is 3.55 Å². The summed E-state index contributed by atoms with van der Waals surface area (Å²) in [7, 11) is 0. The normalized spacial score (nSPS) is 12.6. The van der Waals surface area contributed by atoms with Crippen LogP contribution in [0.4, 0.5) is 0 Å². The Balaban J connectivity index is 3.21. The molecule has 0 spiro atoms. The van der Waals surface area contributed by atoms with Crippen LogP contribution in [0.1, 0.15) is 34.1 Å². The quantitative estimate of drug-likeness (QED) is 0.462. The lowest BCUT2D eigenvalue weighted by Crippen LogP contribution is -2.33. The molecule has 10 heavy (non-hydrogen) atoms. The molecule has 62 valence electrons. The average molecular weight is 255 g/mol. The van der Waals surface area contributed by atoms with Gasteiger partial charge in [-0.1, -0.05) is 36.4 Å². The molecule has 0 heterocycles. The molecule has 0 saturated heterocycles. The summed E-state index contributed by atoms with van der Waals surface area (Å²) < 4.78 is 0.257. The van der Waals surface area contributed by atoms with E-state index in [1.165, 1.54) is 6.42 Å². The van der Waals surface area contributed by atoms with Crippen LogP contribution in [0, 0.1) is 5.92 Å². The highest BCUT2D eigenvalue weighted by atomic mass is 127. The monoisotopic (exact) mass is 255 g/mol. The standard InChI is InChI=1S/C8H18IN/c1-7(2)5-6-10-8(3,4)9/h7,10H,5-6H2,1-4H3. The van der Waals surface area contributed by atoms with Crippen LogP contribution in [0.5, 0.6) is 0 Å². The lowest BCUT2D eigenvalue weighted by Gasteiger charge is -2.18. The highest BCUT2D eigenvalue weighted by molar-refractivity contribution is 14.1. The number of alkyl halides is 1. The third-order valence-corrected chi connectivity index (χ3v) is 1.65. The van der Waals surface area contributed by atoms with E-state index in [4.69, 9.17) is 0 Å². The molecule has 0 aromatic carbocycles. The molecule has 0 aliphatic carbocycles. The van der Waals surface area contributed by atoms with Gasteiger partial charge >= 0.3 is 0 Å². The molecule has 0 rings (SSSR count). The summed E-state index contributed by atoms with van der Waals surface area (Å²) in [6, 6.07) is 0. The van der Waals surface area contributed by atoms with E-state index in [9.17, 15) is 0 Å². The van der Waals surface area contributed by atoms with E-state index < -0.39 is 0 Å². The summed E-state index contributed by atoms with van der Waals surface area (Å²) in [5, 5.41) is 3.44. The summed E-state index contributed by atoms with van der Waals surface area (Å²) in [6.07, 6.45) is 1.27. The van der Waals surface area contributed by atoms with Gasteiger partial charge in [0.1, 0.15) is 0 Å². The maximum atomic E-state index is 3.44. The lowest BCUT2D eigenvalue weighted by atomic mass is 10.1. The lowest BCUT2D eigenvalue weighted by molar-refractivity contribution is 0.494. The average Bonchev–Trinajstić information content (AvgIpc) is 1.59. The van der Waals surface area contributed by atoms with Crippen LogP contribution in [0.3, 0.4) is 0 Å². The molecule has 0 aliphatic heterocycles. The van der Waals surface area contributed by atoms with Crippen molar-refractivity contribution in [2.75, 3.05) is 6.54 Å². The van der Waals surface area contributed by atoms with Crippen LogP contribution in [-0.4, -0.2) is 10.1 Å². The van der Waals surface area contributed by atoms with Gasteiger partial charge < -0.3 is 5.32 Å². The molecule has 0 amide bonds. The third-order valence-electron chi connectivity index (χ3n) is 1.27. The minimum Gasteiger partial charge on any atom is -0.303 e. The summed E-state index contributed by atoms with van der Waals surface area (Å²) in [5.74, 6) is 0.811. The Morgan fingerprint density at radius 1 is 1.40 bits per heavy atom. The predicted octanol–water partition coefficient (Wildman–Crippen LogP) is 2.79. The van der Waals surface area contributed by atoms with Gasteiger partial charge in [0.2, 0.25) is 0 Å². The van der Waals surface area contributed by atoms with Crippen molar-refractivity contribution in [2.24, 2.45) is 5.92 Å². The zero-order valence-electron chi connectivity index (χ0n) is 7.37.